The highest BCUT2D eigenvalue weighted by molar-refractivity contribution is 5.67. The molecule has 1 saturated heterocycles. The summed E-state index contributed by atoms with van der Waals surface area (Å²) in [4.78, 5) is 11.7. The van der Waals surface area contributed by atoms with E-state index in [1.807, 2.05) is 37.7 Å². The molecule has 246 valence electrons. The van der Waals surface area contributed by atoms with Gasteiger partial charge in [0, 0.05) is 50.1 Å². The summed E-state index contributed by atoms with van der Waals surface area (Å²) >= 11 is 0. The fraction of sp³-hybridized carbons (Fsp3) is 0.545. The van der Waals surface area contributed by atoms with Crippen molar-refractivity contribution in [3.05, 3.63) is 42.4 Å². The molecule has 0 unspecified atom stereocenters. The first kappa shape index (κ1) is 33.1. The average Bonchev–Trinajstić information content (AvgIpc) is 3.45. The molecule has 1 aliphatic carbocycles. The fourth-order valence-corrected chi connectivity index (χ4v) is 5.97. The van der Waals surface area contributed by atoms with E-state index in [2.05, 4.69) is 31.6 Å². The van der Waals surface area contributed by atoms with Crippen LogP contribution in [-0.2, 0) is 4.74 Å². The normalized spacial score (nSPS) is 19.5. The van der Waals surface area contributed by atoms with Crippen molar-refractivity contribution < 1.29 is 19.3 Å². The molecule has 46 heavy (non-hydrogen) atoms. The Hall–Kier alpha value is -4.25. The molecular weight excluding hydrogens is 586 g/mol. The van der Waals surface area contributed by atoms with Gasteiger partial charge in [-0.1, -0.05) is 6.07 Å². The van der Waals surface area contributed by atoms with E-state index < -0.39 is 5.60 Å². The summed E-state index contributed by atoms with van der Waals surface area (Å²) in [5.41, 5.74) is 2.04. The maximum atomic E-state index is 9.58. The van der Waals surface area contributed by atoms with E-state index in [4.69, 9.17) is 24.7 Å². The minimum Gasteiger partial charge on any atom is -0.487 e. The number of rotatable bonds is 14. The monoisotopic (exact) mass is 631 g/mol. The number of aliphatic hydroxyl groups excluding tert-OH is 1. The molecule has 2 aliphatic rings. The summed E-state index contributed by atoms with van der Waals surface area (Å²) in [7, 11) is 0. The van der Waals surface area contributed by atoms with E-state index in [1.54, 1.807) is 24.5 Å². The van der Waals surface area contributed by atoms with Gasteiger partial charge in [-0.05, 0) is 64.2 Å². The van der Waals surface area contributed by atoms with Gasteiger partial charge in [0.05, 0.1) is 43.9 Å². The van der Waals surface area contributed by atoms with Crippen molar-refractivity contribution >= 4 is 18.0 Å². The summed E-state index contributed by atoms with van der Waals surface area (Å²) in [5, 5.41) is 37.3. The van der Waals surface area contributed by atoms with Crippen LogP contribution < -0.4 is 20.1 Å². The molecule has 2 aromatic heterocycles. The minimum atomic E-state index is -0.620. The van der Waals surface area contributed by atoms with Gasteiger partial charge in [-0.15, -0.1) is 5.10 Å². The van der Waals surface area contributed by atoms with Gasteiger partial charge in [-0.25, -0.2) is 9.97 Å². The highest BCUT2D eigenvalue weighted by Crippen LogP contribution is 2.36. The Balaban J connectivity index is 1.31. The smallest absolute Gasteiger partial charge is 0.257 e. The number of nitrogens with one attached hydrogen (secondary N) is 3. The lowest BCUT2D eigenvalue weighted by molar-refractivity contribution is 0.00493. The number of aromatic nitrogens is 4. The molecule has 3 aromatic rings. The summed E-state index contributed by atoms with van der Waals surface area (Å²) in [5.74, 6) is 1.29. The summed E-state index contributed by atoms with van der Waals surface area (Å²) in [6.45, 7) is 9.83. The van der Waals surface area contributed by atoms with E-state index in [9.17, 15) is 10.4 Å². The number of ether oxygens (including phenoxy) is 3. The SMILES string of the molecule is C[C@@H](CNC=N)Oc1cc(-c2cnc(Nc3cn([C@H]4CC[C@H](N5CCOCC5)CC4)nc3OC(C)(C)CCO)nc2)ccc1C#N. The molecule has 13 nitrogen and oxygen atoms in total. The Bertz CT molecular complexity index is 1470. The first-order chi connectivity index (χ1) is 22.3. The van der Waals surface area contributed by atoms with Crippen molar-refractivity contribution in [3.63, 3.8) is 0 Å². The maximum Gasteiger partial charge on any atom is 0.257 e. The van der Waals surface area contributed by atoms with Crippen LogP contribution in [0.5, 0.6) is 11.6 Å². The van der Waals surface area contributed by atoms with Gasteiger partial charge in [0.25, 0.3) is 5.88 Å². The number of morpholine rings is 1. The van der Waals surface area contributed by atoms with E-state index in [0.29, 0.717) is 47.8 Å². The van der Waals surface area contributed by atoms with Gasteiger partial charge in [-0.2, -0.15) is 5.26 Å². The minimum absolute atomic E-state index is 0.00822. The number of nitrogens with zero attached hydrogens (tertiary/aromatic N) is 6. The zero-order chi connectivity index (χ0) is 32.5. The molecule has 0 spiro atoms. The van der Waals surface area contributed by atoms with Gasteiger partial charge in [0.15, 0.2) is 0 Å². The summed E-state index contributed by atoms with van der Waals surface area (Å²) < 4.78 is 19.9. The lowest BCUT2D eigenvalue weighted by atomic mass is 9.90. The number of aliphatic hydroxyl groups is 1. The first-order valence-electron chi connectivity index (χ1n) is 16.0. The number of hydrogen-bond donors (Lipinski definition) is 4. The third kappa shape index (κ3) is 8.51. The van der Waals surface area contributed by atoms with Crippen LogP contribution >= 0.6 is 0 Å². The Labute approximate surface area is 270 Å². The van der Waals surface area contributed by atoms with Crippen LogP contribution in [0.1, 0.15) is 64.5 Å². The lowest BCUT2D eigenvalue weighted by Crippen LogP contribution is -2.45. The number of benzene rings is 1. The topological polar surface area (TPSA) is 166 Å². The molecule has 1 saturated carbocycles. The third-order valence-electron chi connectivity index (χ3n) is 8.56. The third-order valence-corrected chi connectivity index (χ3v) is 8.56. The van der Waals surface area contributed by atoms with Gasteiger partial charge in [-0.3, -0.25) is 15.0 Å². The summed E-state index contributed by atoms with van der Waals surface area (Å²) in [6.07, 6.45) is 11.0. The Morgan fingerprint density at radius 3 is 2.54 bits per heavy atom. The van der Waals surface area contributed by atoms with Crippen LogP contribution in [0.4, 0.5) is 11.6 Å². The molecule has 1 aliphatic heterocycles. The fourth-order valence-electron chi connectivity index (χ4n) is 5.97. The molecule has 0 radical (unpaired) electrons. The van der Waals surface area contributed by atoms with Gasteiger partial charge < -0.3 is 30.0 Å². The zero-order valence-electron chi connectivity index (χ0n) is 26.9. The molecule has 2 fully saturated rings. The molecular formula is C33H45N9O4. The van der Waals surface area contributed by atoms with Crippen LogP contribution in [0.2, 0.25) is 0 Å². The second-order valence-corrected chi connectivity index (χ2v) is 12.5. The van der Waals surface area contributed by atoms with Crippen LogP contribution in [0.25, 0.3) is 11.1 Å². The Kier molecular flexibility index (Phi) is 11.1. The molecule has 0 amide bonds. The van der Waals surface area contributed by atoms with Crippen molar-refractivity contribution in [3.8, 4) is 28.8 Å². The van der Waals surface area contributed by atoms with Crippen LogP contribution in [0.15, 0.2) is 36.8 Å². The second kappa shape index (κ2) is 15.4. The van der Waals surface area contributed by atoms with Crippen molar-refractivity contribution in [1.29, 1.82) is 10.7 Å². The molecule has 0 bridgehead atoms. The Morgan fingerprint density at radius 1 is 1.15 bits per heavy atom. The maximum absolute atomic E-state index is 9.58. The zero-order valence-corrected chi connectivity index (χ0v) is 26.9. The largest absolute Gasteiger partial charge is 0.487 e. The van der Waals surface area contributed by atoms with Gasteiger partial charge in [0.1, 0.15) is 29.2 Å². The number of anilines is 2. The van der Waals surface area contributed by atoms with Crippen molar-refractivity contribution in [2.24, 2.45) is 0 Å². The number of hydrogen-bond acceptors (Lipinski definition) is 11. The van der Waals surface area contributed by atoms with Crippen molar-refractivity contribution in [2.75, 3.05) is 44.8 Å². The van der Waals surface area contributed by atoms with Crippen molar-refractivity contribution in [2.45, 2.75) is 76.7 Å². The first-order valence-corrected chi connectivity index (χ1v) is 16.0. The van der Waals surface area contributed by atoms with E-state index in [1.165, 1.54) is 0 Å². The highest BCUT2D eigenvalue weighted by Gasteiger charge is 2.30. The van der Waals surface area contributed by atoms with E-state index in [0.717, 1.165) is 69.5 Å². The highest BCUT2D eigenvalue weighted by atomic mass is 16.5. The second-order valence-electron chi connectivity index (χ2n) is 12.5. The lowest BCUT2D eigenvalue weighted by Gasteiger charge is -2.38. The predicted octanol–water partition coefficient (Wildman–Crippen LogP) is 4.28. The van der Waals surface area contributed by atoms with E-state index in [-0.39, 0.29) is 18.8 Å². The predicted molar refractivity (Wildman–Crippen MR) is 175 cm³/mol. The molecule has 4 N–H and O–H groups in total. The molecule has 5 rings (SSSR count). The standard InChI is InChI=1S/C33H45N9O4/c1-23(18-36-22-35)45-30-16-24(4-5-25(30)17-34)26-19-37-32(38-20-26)39-29-21-42(40-31(29)46-33(2,3)10-13-43)28-8-6-27(7-9-28)41-11-14-44-15-12-41/h4-5,16,19-23,27-28,43H,6-15,18H2,1-3H3,(H2,35,36)(H,37,38,39)/t23-,27-,28-/m0/s1. The van der Waals surface area contributed by atoms with Crippen LogP contribution in [-0.4, -0.2) is 93.3 Å². The van der Waals surface area contributed by atoms with Crippen LogP contribution in [0, 0.1) is 16.7 Å². The van der Waals surface area contributed by atoms with Gasteiger partial charge in [0.2, 0.25) is 5.95 Å². The quantitative estimate of drug-likeness (QED) is 0.148. The molecule has 3 heterocycles. The molecule has 1 atom stereocenters. The summed E-state index contributed by atoms with van der Waals surface area (Å²) in [6, 6.07) is 8.38. The Morgan fingerprint density at radius 2 is 1.87 bits per heavy atom. The molecule has 13 heteroatoms. The van der Waals surface area contributed by atoms with Gasteiger partial charge >= 0.3 is 0 Å². The van der Waals surface area contributed by atoms with E-state index >= 15 is 0 Å². The van der Waals surface area contributed by atoms with Crippen LogP contribution in [0.3, 0.4) is 0 Å². The van der Waals surface area contributed by atoms with Crippen molar-refractivity contribution in [1.82, 2.24) is 30.0 Å². The average molecular weight is 632 g/mol. The molecule has 1 aromatic carbocycles. The number of nitriles is 1.